The first-order valence-corrected chi connectivity index (χ1v) is 6.67. The minimum Gasteiger partial charge on any atom is -0.478 e. The lowest BCUT2D eigenvalue weighted by atomic mass is 9.75. The molecule has 0 radical (unpaired) electrons. The van der Waals surface area contributed by atoms with Crippen LogP contribution in [0.5, 0.6) is 0 Å². The number of carbonyl (C=O) groups is 1. The second-order valence-corrected chi connectivity index (χ2v) is 6.10. The molecule has 0 aromatic heterocycles. The van der Waals surface area contributed by atoms with E-state index in [-0.39, 0.29) is 5.56 Å². The minimum atomic E-state index is -1.23. The second-order valence-electron chi connectivity index (χ2n) is 6.10. The summed E-state index contributed by atoms with van der Waals surface area (Å²) in [6.07, 6.45) is 4.50. The zero-order valence-corrected chi connectivity index (χ0v) is 11.4. The Balaban J connectivity index is 2.11. The van der Waals surface area contributed by atoms with Gasteiger partial charge in [-0.2, -0.15) is 0 Å². The number of nitrogens with one attached hydrogen (secondary N) is 1. The van der Waals surface area contributed by atoms with Crippen molar-refractivity contribution in [2.24, 2.45) is 5.41 Å². The summed E-state index contributed by atoms with van der Waals surface area (Å²) in [6, 6.07) is 4.51. The van der Waals surface area contributed by atoms with Crippen LogP contribution in [0.2, 0.25) is 0 Å². The molecule has 0 aliphatic heterocycles. The van der Waals surface area contributed by atoms with Crippen LogP contribution in [0.4, 0.5) is 10.1 Å². The van der Waals surface area contributed by atoms with Crippen molar-refractivity contribution < 1.29 is 14.3 Å². The van der Waals surface area contributed by atoms with Gasteiger partial charge in [-0.3, -0.25) is 0 Å². The van der Waals surface area contributed by atoms with Crippen molar-refractivity contribution in [2.75, 3.05) is 5.32 Å². The van der Waals surface area contributed by atoms with E-state index in [0.29, 0.717) is 17.1 Å². The maximum Gasteiger partial charge on any atom is 0.338 e. The summed E-state index contributed by atoms with van der Waals surface area (Å²) in [7, 11) is 0. The maximum atomic E-state index is 13.3. The van der Waals surface area contributed by atoms with Gasteiger partial charge in [0.25, 0.3) is 0 Å². The van der Waals surface area contributed by atoms with Crippen LogP contribution in [0.3, 0.4) is 0 Å². The zero-order chi connectivity index (χ0) is 14.0. The molecule has 2 rings (SSSR count). The van der Waals surface area contributed by atoms with Gasteiger partial charge in [0.15, 0.2) is 0 Å². The SMILES string of the molecule is CC1(C)CCCC(Nc2ccc(F)c(C(=O)O)c2)C1. The summed E-state index contributed by atoms with van der Waals surface area (Å²) in [5, 5.41) is 12.2. The average molecular weight is 265 g/mol. The molecule has 1 aliphatic carbocycles. The predicted octanol–water partition coefficient (Wildman–Crippen LogP) is 3.90. The third-order valence-corrected chi connectivity index (χ3v) is 3.77. The predicted molar refractivity (Wildman–Crippen MR) is 73.0 cm³/mol. The Kier molecular flexibility index (Phi) is 3.78. The molecular formula is C15H20FNO2. The Morgan fingerprint density at radius 1 is 1.47 bits per heavy atom. The van der Waals surface area contributed by atoms with Crippen molar-refractivity contribution in [1.82, 2.24) is 0 Å². The molecule has 0 amide bonds. The van der Waals surface area contributed by atoms with E-state index in [1.165, 1.54) is 18.6 Å². The standard InChI is InChI=1S/C15H20FNO2/c1-15(2)7-3-4-11(9-15)17-10-5-6-13(16)12(8-10)14(18)19/h5-6,8,11,17H,3-4,7,9H2,1-2H3,(H,18,19). The smallest absolute Gasteiger partial charge is 0.338 e. The van der Waals surface area contributed by atoms with Crippen molar-refractivity contribution in [2.45, 2.75) is 45.6 Å². The Labute approximate surface area is 112 Å². The normalized spacial score (nSPS) is 21.9. The quantitative estimate of drug-likeness (QED) is 0.871. The molecule has 4 heteroatoms. The maximum absolute atomic E-state index is 13.3. The highest BCUT2D eigenvalue weighted by Gasteiger charge is 2.27. The molecule has 0 saturated heterocycles. The van der Waals surface area contributed by atoms with E-state index in [2.05, 4.69) is 19.2 Å². The summed E-state index contributed by atoms with van der Waals surface area (Å²) >= 11 is 0. The number of carboxylic acids is 1. The number of hydrogen-bond donors (Lipinski definition) is 2. The third-order valence-electron chi connectivity index (χ3n) is 3.77. The highest BCUT2D eigenvalue weighted by Crippen LogP contribution is 2.36. The van der Waals surface area contributed by atoms with E-state index >= 15 is 0 Å². The van der Waals surface area contributed by atoms with Crippen molar-refractivity contribution in [3.63, 3.8) is 0 Å². The highest BCUT2D eigenvalue weighted by atomic mass is 19.1. The van der Waals surface area contributed by atoms with Gasteiger partial charge in [-0.25, -0.2) is 9.18 Å². The molecule has 0 bridgehead atoms. The van der Waals surface area contributed by atoms with Crippen LogP contribution in [0, 0.1) is 11.2 Å². The van der Waals surface area contributed by atoms with Gasteiger partial charge in [0.05, 0.1) is 5.56 Å². The van der Waals surface area contributed by atoms with E-state index in [1.54, 1.807) is 6.07 Å². The summed E-state index contributed by atoms with van der Waals surface area (Å²) in [6.45, 7) is 4.49. The van der Waals surface area contributed by atoms with Crippen LogP contribution in [-0.2, 0) is 0 Å². The van der Waals surface area contributed by atoms with Crippen molar-refractivity contribution in [3.05, 3.63) is 29.6 Å². The lowest BCUT2D eigenvalue weighted by Crippen LogP contribution is -2.31. The molecule has 1 aromatic rings. The van der Waals surface area contributed by atoms with Gasteiger partial charge < -0.3 is 10.4 Å². The number of aromatic carboxylic acids is 1. The molecule has 1 unspecified atom stereocenters. The molecule has 19 heavy (non-hydrogen) atoms. The van der Waals surface area contributed by atoms with E-state index in [0.717, 1.165) is 19.3 Å². The second kappa shape index (κ2) is 5.19. The van der Waals surface area contributed by atoms with E-state index in [4.69, 9.17) is 5.11 Å². The zero-order valence-electron chi connectivity index (χ0n) is 11.4. The lowest BCUT2D eigenvalue weighted by molar-refractivity contribution is 0.0692. The molecule has 1 aliphatic rings. The fourth-order valence-electron chi connectivity index (χ4n) is 2.84. The van der Waals surface area contributed by atoms with Crippen LogP contribution >= 0.6 is 0 Å². The summed E-state index contributed by atoms with van der Waals surface area (Å²) in [5.41, 5.74) is 0.715. The molecule has 2 N–H and O–H groups in total. The van der Waals surface area contributed by atoms with Gasteiger partial charge in [-0.1, -0.05) is 20.3 Å². The van der Waals surface area contributed by atoms with Crippen LogP contribution in [0.25, 0.3) is 0 Å². The van der Waals surface area contributed by atoms with Crippen molar-refractivity contribution in [1.29, 1.82) is 0 Å². The van der Waals surface area contributed by atoms with E-state index in [1.807, 2.05) is 0 Å². The topological polar surface area (TPSA) is 49.3 Å². The lowest BCUT2D eigenvalue weighted by Gasteiger charge is -2.36. The molecule has 104 valence electrons. The van der Waals surface area contributed by atoms with Gasteiger partial charge in [0, 0.05) is 11.7 Å². The van der Waals surface area contributed by atoms with Gasteiger partial charge in [-0.05, 0) is 42.9 Å². The Hall–Kier alpha value is -1.58. The van der Waals surface area contributed by atoms with Crippen LogP contribution in [-0.4, -0.2) is 17.1 Å². The molecule has 1 fully saturated rings. The average Bonchev–Trinajstić information content (AvgIpc) is 2.30. The monoisotopic (exact) mass is 265 g/mol. The number of halogens is 1. The van der Waals surface area contributed by atoms with Crippen LogP contribution < -0.4 is 5.32 Å². The van der Waals surface area contributed by atoms with E-state index in [9.17, 15) is 9.18 Å². The minimum absolute atomic E-state index is 0.278. The van der Waals surface area contributed by atoms with Crippen LogP contribution in [0.1, 0.15) is 49.9 Å². The van der Waals surface area contributed by atoms with Crippen LogP contribution in [0.15, 0.2) is 18.2 Å². The molecular weight excluding hydrogens is 245 g/mol. The molecule has 1 atom stereocenters. The number of rotatable bonds is 3. The number of anilines is 1. The number of benzene rings is 1. The Morgan fingerprint density at radius 3 is 2.84 bits per heavy atom. The molecule has 1 aromatic carbocycles. The number of carboxylic acid groups (broad SMARTS) is 1. The largest absolute Gasteiger partial charge is 0.478 e. The molecule has 3 nitrogen and oxygen atoms in total. The molecule has 0 heterocycles. The van der Waals surface area contributed by atoms with Gasteiger partial charge in [0.1, 0.15) is 5.82 Å². The van der Waals surface area contributed by atoms with Gasteiger partial charge >= 0.3 is 5.97 Å². The van der Waals surface area contributed by atoms with Gasteiger partial charge in [0.2, 0.25) is 0 Å². The Morgan fingerprint density at radius 2 is 2.21 bits per heavy atom. The third kappa shape index (κ3) is 3.46. The first-order chi connectivity index (χ1) is 8.87. The summed E-state index contributed by atoms with van der Waals surface area (Å²) in [5.74, 6) is -1.92. The highest BCUT2D eigenvalue weighted by molar-refractivity contribution is 5.89. The fourth-order valence-corrected chi connectivity index (χ4v) is 2.84. The molecule has 1 saturated carbocycles. The number of hydrogen-bond acceptors (Lipinski definition) is 2. The summed E-state index contributed by atoms with van der Waals surface area (Å²) in [4.78, 5) is 10.9. The Bertz CT molecular complexity index is 485. The summed E-state index contributed by atoms with van der Waals surface area (Å²) < 4.78 is 13.3. The van der Waals surface area contributed by atoms with Crippen molar-refractivity contribution in [3.8, 4) is 0 Å². The first kappa shape index (κ1) is 13.8. The van der Waals surface area contributed by atoms with Gasteiger partial charge in [-0.15, -0.1) is 0 Å². The first-order valence-electron chi connectivity index (χ1n) is 6.67. The van der Waals surface area contributed by atoms with Crippen molar-refractivity contribution >= 4 is 11.7 Å². The van der Waals surface area contributed by atoms with E-state index < -0.39 is 11.8 Å². The molecule has 0 spiro atoms. The fraction of sp³-hybridized carbons (Fsp3) is 0.533.